The Kier molecular flexibility index (Phi) is 8.68. The lowest BCUT2D eigenvalue weighted by Crippen LogP contribution is -2.56. The van der Waals surface area contributed by atoms with Crippen molar-refractivity contribution in [3.63, 3.8) is 0 Å². The van der Waals surface area contributed by atoms with Crippen molar-refractivity contribution in [3.8, 4) is 0 Å². The molecule has 1 aromatic carbocycles. The number of para-hydroxylation sites is 1. The van der Waals surface area contributed by atoms with Crippen LogP contribution in [-0.2, 0) is 4.79 Å². The first-order valence-corrected chi connectivity index (χ1v) is 8.33. The molecule has 1 aromatic rings. The summed E-state index contributed by atoms with van der Waals surface area (Å²) in [7, 11) is 0. The maximum absolute atomic E-state index is 12.3. The van der Waals surface area contributed by atoms with Gasteiger partial charge in [-0.2, -0.15) is 0 Å². The van der Waals surface area contributed by atoms with Crippen molar-refractivity contribution in [2.24, 2.45) is 0 Å². The zero-order chi connectivity index (χ0) is 17.4. The largest absolute Gasteiger partial charge is 0.353 e. The van der Waals surface area contributed by atoms with Gasteiger partial charge in [-0.25, -0.2) is 4.79 Å². The number of nitrogens with one attached hydrogen (secondary N) is 4. The van der Waals surface area contributed by atoms with Crippen molar-refractivity contribution in [2.45, 2.75) is 19.4 Å². The molecule has 1 saturated heterocycles. The van der Waals surface area contributed by atoms with Gasteiger partial charge < -0.3 is 21.3 Å². The van der Waals surface area contributed by atoms with Crippen molar-refractivity contribution in [1.29, 1.82) is 0 Å². The number of piperazine rings is 1. The Bertz CT molecular complexity index is 547. The standard InChI is InChI=1S/C17H27N5O2.ClH/c1-17(2,21-16(24)20-14-6-4-3-5-7-14)15(23)19-10-13-22-11-8-18-9-12-22;/h3-7,18H,8-13H2,1-2H3,(H,19,23)(H2,20,21,24);1H. The number of benzene rings is 1. The number of urea groups is 1. The average molecular weight is 370 g/mol. The fraction of sp³-hybridized carbons (Fsp3) is 0.529. The quantitative estimate of drug-likeness (QED) is 0.603. The number of rotatable bonds is 6. The van der Waals surface area contributed by atoms with Crippen LogP contribution in [0.15, 0.2) is 30.3 Å². The molecule has 0 radical (unpaired) electrons. The Morgan fingerprint density at radius 1 is 1.16 bits per heavy atom. The summed E-state index contributed by atoms with van der Waals surface area (Å²) in [4.78, 5) is 26.7. The Labute approximate surface area is 155 Å². The van der Waals surface area contributed by atoms with Gasteiger partial charge in [-0.3, -0.25) is 9.69 Å². The maximum Gasteiger partial charge on any atom is 0.320 e. The molecular formula is C17H28ClN5O2. The van der Waals surface area contributed by atoms with Gasteiger partial charge in [-0.1, -0.05) is 18.2 Å². The topological polar surface area (TPSA) is 85.5 Å². The van der Waals surface area contributed by atoms with Gasteiger partial charge >= 0.3 is 6.03 Å². The van der Waals surface area contributed by atoms with Crippen LogP contribution in [0.25, 0.3) is 0 Å². The summed E-state index contributed by atoms with van der Waals surface area (Å²) in [6, 6.07) is 8.73. The number of nitrogens with zero attached hydrogens (tertiary/aromatic N) is 1. The fourth-order valence-corrected chi connectivity index (χ4v) is 2.51. The Balaban J connectivity index is 0.00000312. The van der Waals surface area contributed by atoms with E-state index in [4.69, 9.17) is 0 Å². The normalized spacial score (nSPS) is 15.0. The third-order valence-electron chi connectivity index (χ3n) is 3.95. The molecule has 7 nitrogen and oxygen atoms in total. The maximum atomic E-state index is 12.3. The lowest BCUT2D eigenvalue weighted by atomic mass is 10.1. The van der Waals surface area contributed by atoms with Crippen LogP contribution in [0, 0.1) is 0 Å². The Morgan fingerprint density at radius 2 is 1.80 bits per heavy atom. The smallest absolute Gasteiger partial charge is 0.320 e. The predicted octanol–water partition coefficient (Wildman–Crippen LogP) is 1.03. The minimum absolute atomic E-state index is 0. The Morgan fingerprint density at radius 3 is 2.44 bits per heavy atom. The molecule has 1 aliphatic heterocycles. The minimum atomic E-state index is -0.984. The zero-order valence-electron chi connectivity index (χ0n) is 14.8. The number of halogens is 1. The number of amides is 3. The summed E-state index contributed by atoms with van der Waals surface area (Å²) in [5.41, 5.74) is -0.299. The van der Waals surface area contributed by atoms with Crippen LogP contribution in [-0.4, -0.2) is 61.6 Å². The molecule has 1 heterocycles. The molecule has 0 aliphatic carbocycles. The molecule has 4 N–H and O–H groups in total. The van der Waals surface area contributed by atoms with Crippen molar-refractivity contribution >= 4 is 30.0 Å². The molecule has 1 aliphatic rings. The van der Waals surface area contributed by atoms with E-state index in [0.29, 0.717) is 12.2 Å². The summed E-state index contributed by atoms with van der Waals surface area (Å²) in [6.45, 7) is 8.74. The summed E-state index contributed by atoms with van der Waals surface area (Å²) in [5, 5.41) is 11.6. The molecule has 0 bridgehead atoms. The van der Waals surface area contributed by atoms with Crippen LogP contribution in [0.2, 0.25) is 0 Å². The lowest BCUT2D eigenvalue weighted by molar-refractivity contribution is -0.126. The van der Waals surface area contributed by atoms with Crippen molar-refractivity contribution < 1.29 is 9.59 Å². The second-order valence-electron chi connectivity index (χ2n) is 6.42. The highest BCUT2D eigenvalue weighted by Gasteiger charge is 2.29. The van der Waals surface area contributed by atoms with E-state index in [2.05, 4.69) is 26.2 Å². The summed E-state index contributed by atoms with van der Waals surface area (Å²) in [5.74, 6) is -0.194. The molecular weight excluding hydrogens is 342 g/mol. The van der Waals surface area contributed by atoms with Gasteiger partial charge in [0.25, 0.3) is 0 Å². The SMILES string of the molecule is CC(C)(NC(=O)Nc1ccccc1)C(=O)NCCN1CCNCC1.Cl. The second kappa shape index (κ2) is 10.2. The van der Waals surface area contributed by atoms with Crippen molar-refractivity contribution in [2.75, 3.05) is 44.6 Å². The molecule has 0 saturated carbocycles. The number of hydrogen-bond acceptors (Lipinski definition) is 4. The van der Waals surface area contributed by atoms with Gasteiger partial charge in [0.15, 0.2) is 0 Å². The summed E-state index contributed by atoms with van der Waals surface area (Å²) in [6.07, 6.45) is 0. The first kappa shape index (κ1) is 21.2. The highest BCUT2D eigenvalue weighted by atomic mass is 35.5. The predicted molar refractivity (Wildman–Crippen MR) is 102 cm³/mol. The summed E-state index contributed by atoms with van der Waals surface area (Å²) < 4.78 is 0. The van der Waals surface area contributed by atoms with Gasteiger partial charge in [0.1, 0.15) is 5.54 Å². The third kappa shape index (κ3) is 7.29. The molecule has 0 unspecified atom stereocenters. The van der Waals surface area contributed by atoms with E-state index in [9.17, 15) is 9.59 Å². The van der Waals surface area contributed by atoms with Crippen LogP contribution >= 0.6 is 12.4 Å². The highest BCUT2D eigenvalue weighted by molar-refractivity contribution is 5.95. The fourth-order valence-electron chi connectivity index (χ4n) is 2.51. The van der Waals surface area contributed by atoms with Gasteiger partial charge in [-0.15, -0.1) is 12.4 Å². The molecule has 25 heavy (non-hydrogen) atoms. The van der Waals surface area contributed by atoms with Crippen LogP contribution < -0.4 is 21.3 Å². The first-order valence-electron chi connectivity index (χ1n) is 8.33. The van der Waals surface area contributed by atoms with Gasteiger partial charge in [0.2, 0.25) is 5.91 Å². The number of carbonyl (C=O) groups excluding carboxylic acids is 2. The van der Waals surface area contributed by atoms with E-state index in [0.717, 1.165) is 32.7 Å². The average Bonchev–Trinajstić information content (AvgIpc) is 2.56. The summed E-state index contributed by atoms with van der Waals surface area (Å²) >= 11 is 0. The van der Waals surface area contributed by atoms with Crippen molar-refractivity contribution in [1.82, 2.24) is 20.9 Å². The molecule has 2 rings (SSSR count). The van der Waals surface area contributed by atoms with Gasteiger partial charge in [0, 0.05) is 45.0 Å². The van der Waals surface area contributed by atoms with Gasteiger partial charge in [-0.05, 0) is 26.0 Å². The monoisotopic (exact) mass is 369 g/mol. The van der Waals surface area contributed by atoms with Crippen LogP contribution in [0.1, 0.15) is 13.8 Å². The van der Waals surface area contributed by atoms with E-state index < -0.39 is 11.6 Å². The number of anilines is 1. The second-order valence-corrected chi connectivity index (χ2v) is 6.42. The van der Waals surface area contributed by atoms with Crippen LogP contribution in [0.4, 0.5) is 10.5 Å². The molecule has 140 valence electrons. The zero-order valence-corrected chi connectivity index (χ0v) is 15.6. The Hall–Kier alpha value is -1.83. The van der Waals surface area contributed by atoms with Crippen molar-refractivity contribution in [3.05, 3.63) is 30.3 Å². The lowest BCUT2D eigenvalue weighted by Gasteiger charge is -2.29. The number of carbonyl (C=O) groups is 2. The molecule has 8 heteroatoms. The van der Waals surface area contributed by atoms with Gasteiger partial charge in [0.05, 0.1) is 0 Å². The minimum Gasteiger partial charge on any atom is -0.353 e. The van der Waals surface area contributed by atoms with E-state index in [-0.39, 0.29) is 18.3 Å². The third-order valence-corrected chi connectivity index (χ3v) is 3.95. The van der Waals surface area contributed by atoms with E-state index in [1.165, 1.54) is 0 Å². The van der Waals surface area contributed by atoms with E-state index in [1.54, 1.807) is 26.0 Å². The molecule has 0 aromatic heterocycles. The first-order chi connectivity index (χ1) is 11.5. The molecule has 1 fully saturated rings. The van der Waals surface area contributed by atoms with E-state index in [1.807, 2.05) is 18.2 Å². The number of hydrogen-bond donors (Lipinski definition) is 4. The van der Waals surface area contributed by atoms with Crippen LogP contribution in [0.3, 0.4) is 0 Å². The van der Waals surface area contributed by atoms with E-state index >= 15 is 0 Å². The molecule has 3 amide bonds. The van der Waals surface area contributed by atoms with Crippen LogP contribution in [0.5, 0.6) is 0 Å². The molecule has 0 atom stereocenters. The molecule has 0 spiro atoms. The highest BCUT2D eigenvalue weighted by Crippen LogP contribution is 2.07.